The lowest BCUT2D eigenvalue weighted by atomic mass is 10.00. The van der Waals surface area contributed by atoms with Gasteiger partial charge >= 0.3 is 0 Å². The van der Waals surface area contributed by atoms with Crippen LogP contribution in [0.5, 0.6) is 0 Å². The Hall–Kier alpha value is -2.80. The summed E-state index contributed by atoms with van der Waals surface area (Å²) in [5, 5.41) is 12.0. The van der Waals surface area contributed by atoms with E-state index in [4.69, 9.17) is 5.26 Å². The number of anilines is 2. The Morgan fingerprint density at radius 1 is 1.25 bits per heavy atom. The van der Waals surface area contributed by atoms with E-state index >= 15 is 0 Å². The summed E-state index contributed by atoms with van der Waals surface area (Å²) in [5.41, 5.74) is 5.10. The van der Waals surface area contributed by atoms with Crippen molar-refractivity contribution >= 4 is 17.3 Å². The summed E-state index contributed by atoms with van der Waals surface area (Å²) in [6.07, 6.45) is 3.21. The van der Waals surface area contributed by atoms with Gasteiger partial charge in [0.25, 0.3) is 0 Å². The van der Waals surface area contributed by atoms with Gasteiger partial charge in [0, 0.05) is 31.4 Å². The van der Waals surface area contributed by atoms with Crippen molar-refractivity contribution in [1.29, 1.82) is 5.26 Å². The van der Waals surface area contributed by atoms with E-state index in [1.807, 2.05) is 36.2 Å². The number of nitriles is 1. The second-order valence-electron chi connectivity index (χ2n) is 6.05. The average Bonchev–Trinajstić information content (AvgIpc) is 2.65. The number of aryl methyl sites for hydroxylation is 2. The normalized spacial score (nSPS) is 13.1. The lowest BCUT2D eigenvalue weighted by molar-refractivity contribution is -0.118. The first-order valence-electron chi connectivity index (χ1n) is 8.31. The molecule has 3 rings (SSSR count). The molecule has 0 saturated carbocycles. The Balaban J connectivity index is 1.68. The maximum absolute atomic E-state index is 12.7. The number of hydrogen-bond acceptors (Lipinski definition) is 3. The van der Waals surface area contributed by atoms with E-state index < -0.39 is 0 Å². The molecule has 0 saturated heterocycles. The van der Waals surface area contributed by atoms with Gasteiger partial charge in [-0.3, -0.25) is 4.79 Å². The lowest BCUT2D eigenvalue weighted by Gasteiger charge is -2.30. The van der Waals surface area contributed by atoms with Crippen molar-refractivity contribution in [3.8, 4) is 6.07 Å². The van der Waals surface area contributed by atoms with Gasteiger partial charge in [-0.25, -0.2) is 0 Å². The predicted octanol–water partition coefficient (Wildman–Crippen LogP) is 3.51. The Labute approximate surface area is 142 Å². The van der Waals surface area contributed by atoms with Crippen molar-refractivity contribution in [3.05, 3.63) is 59.2 Å². The number of rotatable bonds is 4. The number of carbonyl (C=O) groups excluding carboxylic acids is 1. The van der Waals surface area contributed by atoms with E-state index in [0.29, 0.717) is 18.4 Å². The highest BCUT2D eigenvalue weighted by Crippen LogP contribution is 2.30. The summed E-state index contributed by atoms with van der Waals surface area (Å²) in [4.78, 5) is 14.6. The molecule has 0 bridgehead atoms. The summed E-state index contributed by atoms with van der Waals surface area (Å²) in [5.74, 6) is 0.164. The first kappa shape index (κ1) is 16.1. The largest absolute Gasteiger partial charge is 0.388 e. The number of nitrogens with zero attached hydrogens (tertiary/aromatic N) is 2. The van der Waals surface area contributed by atoms with Crippen LogP contribution in [0.3, 0.4) is 0 Å². The van der Waals surface area contributed by atoms with Crippen LogP contribution in [-0.2, 0) is 17.6 Å². The zero-order chi connectivity index (χ0) is 16.9. The SMILES string of the molecule is CNc1ccc2c(c1)CCCN2C(=O)CCc1ccc(C#N)cc1. The fourth-order valence-corrected chi connectivity index (χ4v) is 3.14. The number of amides is 1. The van der Waals surface area contributed by atoms with E-state index in [9.17, 15) is 4.79 Å². The molecule has 0 fully saturated rings. The third-order valence-electron chi connectivity index (χ3n) is 4.50. The van der Waals surface area contributed by atoms with Gasteiger partial charge in [-0.05, 0) is 60.7 Å². The molecule has 4 heteroatoms. The summed E-state index contributed by atoms with van der Waals surface area (Å²) < 4.78 is 0. The second kappa shape index (κ2) is 7.18. The molecule has 2 aromatic rings. The first-order valence-corrected chi connectivity index (χ1v) is 8.31. The predicted molar refractivity (Wildman–Crippen MR) is 96.1 cm³/mol. The second-order valence-corrected chi connectivity index (χ2v) is 6.05. The minimum absolute atomic E-state index is 0.164. The monoisotopic (exact) mass is 319 g/mol. The van der Waals surface area contributed by atoms with E-state index in [1.165, 1.54) is 5.56 Å². The van der Waals surface area contributed by atoms with Crippen LogP contribution in [0.25, 0.3) is 0 Å². The van der Waals surface area contributed by atoms with Gasteiger partial charge < -0.3 is 10.2 Å². The van der Waals surface area contributed by atoms with Crippen LogP contribution in [0.15, 0.2) is 42.5 Å². The van der Waals surface area contributed by atoms with E-state index in [-0.39, 0.29) is 5.91 Å². The van der Waals surface area contributed by atoms with Gasteiger partial charge in [-0.1, -0.05) is 12.1 Å². The van der Waals surface area contributed by atoms with Crippen LogP contribution >= 0.6 is 0 Å². The Bertz CT molecular complexity index is 774. The van der Waals surface area contributed by atoms with Crippen molar-refractivity contribution in [2.24, 2.45) is 0 Å². The Morgan fingerprint density at radius 3 is 2.75 bits per heavy atom. The minimum atomic E-state index is 0.164. The van der Waals surface area contributed by atoms with Gasteiger partial charge in [0.1, 0.15) is 0 Å². The van der Waals surface area contributed by atoms with Crippen molar-refractivity contribution in [1.82, 2.24) is 0 Å². The highest BCUT2D eigenvalue weighted by atomic mass is 16.2. The summed E-state index contributed by atoms with van der Waals surface area (Å²) in [6, 6.07) is 15.8. The van der Waals surface area contributed by atoms with Crippen LogP contribution in [0.1, 0.15) is 29.5 Å². The fourth-order valence-electron chi connectivity index (χ4n) is 3.14. The molecule has 2 aromatic carbocycles. The van der Waals surface area contributed by atoms with Gasteiger partial charge in [0.2, 0.25) is 5.91 Å². The molecule has 1 aliphatic heterocycles. The van der Waals surface area contributed by atoms with Crippen LogP contribution < -0.4 is 10.2 Å². The Kier molecular flexibility index (Phi) is 4.81. The van der Waals surface area contributed by atoms with E-state index in [0.717, 1.165) is 36.3 Å². The summed E-state index contributed by atoms with van der Waals surface area (Å²) >= 11 is 0. The zero-order valence-electron chi connectivity index (χ0n) is 13.9. The Morgan fingerprint density at radius 2 is 2.04 bits per heavy atom. The van der Waals surface area contributed by atoms with Gasteiger partial charge in [-0.2, -0.15) is 5.26 Å². The third-order valence-corrected chi connectivity index (χ3v) is 4.50. The molecule has 1 N–H and O–H groups in total. The maximum atomic E-state index is 12.7. The number of hydrogen-bond donors (Lipinski definition) is 1. The molecule has 24 heavy (non-hydrogen) atoms. The molecule has 1 heterocycles. The van der Waals surface area contributed by atoms with Crippen LogP contribution in [0, 0.1) is 11.3 Å². The number of benzene rings is 2. The molecule has 0 spiro atoms. The van der Waals surface area contributed by atoms with Crippen LogP contribution in [-0.4, -0.2) is 19.5 Å². The molecule has 0 radical (unpaired) electrons. The molecule has 1 amide bonds. The van der Waals surface area contributed by atoms with Crippen LogP contribution in [0.2, 0.25) is 0 Å². The third kappa shape index (κ3) is 3.41. The van der Waals surface area contributed by atoms with Crippen molar-refractivity contribution in [3.63, 3.8) is 0 Å². The fraction of sp³-hybridized carbons (Fsp3) is 0.300. The molecule has 0 aliphatic carbocycles. The van der Waals surface area contributed by atoms with Gasteiger partial charge in [-0.15, -0.1) is 0 Å². The van der Waals surface area contributed by atoms with Crippen LogP contribution in [0.4, 0.5) is 11.4 Å². The van der Waals surface area contributed by atoms with Gasteiger partial charge in [0.05, 0.1) is 11.6 Å². The molecule has 1 aliphatic rings. The summed E-state index contributed by atoms with van der Waals surface area (Å²) in [7, 11) is 1.91. The van der Waals surface area contributed by atoms with E-state index in [1.54, 1.807) is 12.1 Å². The van der Waals surface area contributed by atoms with E-state index in [2.05, 4.69) is 17.5 Å². The van der Waals surface area contributed by atoms with Gasteiger partial charge in [0.15, 0.2) is 0 Å². The van der Waals surface area contributed by atoms with Crippen molar-refractivity contribution in [2.75, 3.05) is 23.8 Å². The quantitative estimate of drug-likeness (QED) is 0.938. The molecule has 0 unspecified atom stereocenters. The highest BCUT2D eigenvalue weighted by Gasteiger charge is 2.22. The topological polar surface area (TPSA) is 56.1 Å². The standard InChI is InChI=1S/C20H21N3O/c1-22-18-9-10-19-17(13-18)3-2-12-23(19)20(24)11-8-15-4-6-16(14-21)7-5-15/h4-7,9-10,13,22H,2-3,8,11-12H2,1H3. The lowest BCUT2D eigenvalue weighted by Crippen LogP contribution is -2.35. The maximum Gasteiger partial charge on any atom is 0.227 e. The first-order chi connectivity index (χ1) is 11.7. The molecular formula is C20H21N3O. The van der Waals surface area contributed by atoms with Crippen molar-refractivity contribution in [2.45, 2.75) is 25.7 Å². The molecule has 4 nitrogen and oxygen atoms in total. The molecule has 122 valence electrons. The number of fused-ring (bicyclic) bond motifs is 1. The van der Waals surface area contributed by atoms with Crippen molar-refractivity contribution < 1.29 is 4.79 Å². The smallest absolute Gasteiger partial charge is 0.227 e. The minimum Gasteiger partial charge on any atom is -0.388 e. The molecule has 0 aromatic heterocycles. The number of carbonyl (C=O) groups is 1. The zero-order valence-corrected chi connectivity index (χ0v) is 13.9. The molecular weight excluding hydrogens is 298 g/mol. The average molecular weight is 319 g/mol. The number of nitrogens with one attached hydrogen (secondary N) is 1. The highest BCUT2D eigenvalue weighted by molar-refractivity contribution is 5.95. The molecule has 0 atom stereocenters. The summed E-state index contributed by atoms with van der Waals surface area (Å²) in [6.45, 7) is 0.790.